The predicted molar refractivity (Wildman–Crippen MR) is 140 cm³/mol. The molecule has 5 heterocycles. The first-order valence-corrected chi connectivity index (χ1v) is 13.4. The molecular weight excluding hydrogens is 546 g/mol. The van der Waals surface area contributed by atoms with Gasteiger partial charge in [-0.05, 0) is 17.7 Å². The van der Waals surface area contributed by atoms with Gasteiger partial charge in [0, 0.05) is 24.9 Å². The van der Waals surface area contributed by atoms with Crippen LogP contribution in [0.25, 0.3) is 11.5 Å². The minimum atomic E-state index is -2.99. The van der Waals surface area contributed by atoms with Gasteiger partial charge in [0.1, 0.15) is 5.69 Å². The molecule has 2 bridgehead atoms. The fraction of sp³-hybridized carbons (Fsp3) is 0.346. The number of oxazole rings is 1. The molecule has 14 heteroatoms. The SMILES string of the molecule is CC1C=CC(CNC(=O)Nc2nc3c(s2)[C@@H]2COC[C@H](C3)N2c2ncc(-c3cccc(OC(F)F)n3)o2)=CC1=O. The Balaban J connectivity index is 1.16. The number of nitrogens with zero attached hydrogens (tertiary/aromatic N) is 4. The van der Waals surface area contributed by atoms with Gasteiger partial charge in [0.25, 0.3) is 6.01 Å². The van der Waals surface area contributed by atoms with E-state index < -0.39 is 12.6 Å². The molecule has 1 aliphatic carbocycles. The van der Waals surface area contributed by atoms with Gasteiger partial charge < -0.3 is 24.1 Å². The molecule has 2 amide bonds. The van der Waals surface area contributed by atoms with Gasteiger partial charge in [-0.15, -0.1) is 0 Å². The molecule has 0 radical (unpaired) electrons. The largest absolute Gasteiger partial charge is 0.422 e. The number of carbonyl (C=O) groups is 2. The highest BCUT2D eigenvalue weighted by Crippen LogP contribution is 2.43. The number of nitrogens with one attached hydrogen (secondary N) is 2. The molecule has 0 aromatic carbocycles. The zero-order valence-electron chi connectivity index (χ0n) is 21.2. The number of hydrogen-bond donors (Lipinski definition) is 2. The van der Waals surface area contributed by atoms with Crippen LogP contribution in [0.5, 0.6) is 5.88 Å². The molecular formula is C26H24F2N6O5S. The van der Waals surface area contributed by atoms with Crippen molar-refractivity contribution in [3.63, 3.8) is 0 Å². The summed E-state index contributed by atoms with van der Waals surface area (Å²) < 4.78 is 41.4. The topological polar surface area (TPSA) is 132 Å². The lowest BCUT2D eigenvalue weighted by atomic mass is 9.97. The van der Waals surface area contributed by atoms with E-state index in [1.165, 1.54) is 23.6 Å². The lowest BCUT2D eigenvalue weighted by Crippen LogP contribution is -2.51. The molecule has 11 nitrogen and oxygen atoms in total. The Labute approximate surface area is 230 Å². The fourth-order valence-electron chi connectivity index (χ4n) is 4.80. The summed E-state index contributed by atoms with van der Waals surface area (Å²) in [6, 6.07) is 4.08. The summed E-state index contributed by atoms with van der Waals surface area (Å²) in [6.45, 7) is -0.136. The van der Waals surface area contributed by atoms with Crippen molar-refractivity contribution in [3.05, 3.63) is 58.8 Å². The van der Waals surface area contributed by atoms with Crippen molar-refractivity contribution in [2.45, 2.75) is 32.0 Å². The van der Waals surface area contributed by atoms with Gasteiger partial charge in [0.15, 0.2) is 16.7 Å². The standard InChI is InChI=1S/C26H24F2N6O5S/c1-13-5-6-14(7-19(13)35)9-29-24(36)33-25-32-17-8-15-11-37-12-18(22(17)40-25)34(15)26-30-10-20(38-26)16-3-2-4-21(31-16)39-23(27)28/h2-7,10,13,15,18,23H,8-9,11-12H2,1H3,(H2,29,32,33,36)/t13?,15-,18-/m0/s1. The van der Waals surface area contributed by atoms with Crippen LogP contribution in [0.4, 0.5) is 24.7 Å². The van der Waals surface area contributed by atoms with Gasteiger partial charge in [-0.2, -0.15) is 8.78 Å². The quantitative estimate of drug-likeness (QED) is 0.431. The predicted octanol–water partition coefficient (Wildman–Crippen LogP) is 4.12. The number of halogens is 2. The van der Waals surface area contributed by atoms with Gasteiger partial charge in [-0.3, -0.25) is 10.1 Å². The lowest BCUT2D eigenvalue weighted by molar-refractivity contribution is -0.116. The lowest BCUT2D eigenvalue weighted by Gasteiger charge is -2.43. The van der Waals surface area contributed by atoms with Crippen LogP contribution in [0.3, 0.4) is 0 Å². The maximum atomic E-state index is 12.6. The first-order chi connectivity index (χ1) is 19.3. The second-order valence-corrected chi connectivity index (χ2v) is 10.5. The molecule has 2 N–H and O–H groups in total. The third-order valence-corrected chi connectivity index (χ3v) is 7.84. The number of amides is 2. The van der Waals surface area contributed by atoms with Crippen LogP contribution < -0.4 is 20.3 Å². The molecule has 1 saturated heterocycles. The number of morpholine rings is 1. The average molecular weight is 571 g/mol. The maximum absolute atomic E-state index is 12.6. The minimum absolute atomic E-state index is 0.00824. The number of ether oxygens (including phenoxy) is 2. The summed E-state index contributed by atoms with van der Waals surface area (Å²) in [5.41, 5.74) is 1.91. The van der Waals surface area contributed by atoms with Crippen LogP contribution in [0, 0.1) is 5.92 Å². The van der Waals surface area contributed by atoms with E-state index in [1.54, 1.807) is 18.2 Å². The zero-order valence-corrected chi connectivity index (χ0v) is 22.0. The smallest absolute Gasteiger partial charge is 0.388 e. The number of allylic oxidation sites excluding steroid dienone is 2. The van der Waals surface area contributed by atoms with Crippen molar-refractivity contribution in [1.82, 2.24) is 20.3 Å². The van der Waals surface area contributed by atoms with Crippen molar-refractivity contribution in [3.8, 4) is 17.3 Å². The van der Waals surface area contributed by atoms with E-state index in [1.807, 2.05) is 24.0 Å². The van der Waals surface area contributed by atoms with Crippen molar-refractivity contribution >= 4 is 34.3 Å². The minimum Gasteiger partial charge on any atom is -0.422 e. The number of urea groups is 1. The molecule has 0 spiro atoms. The Morgan fingerprint density at radius 1 is 1.30 bits per heavy atom. The second kappa shape index (κ2) is 10.8. The van der Waals surface area contributed by atoms with Crippen LogP contribution in [0.1, 0.15) is 23.5 Å². The number of pyridine rings is 1. The summed E-state index contributed by atoms with van der Waals surface area (Å²) in [4.78, 5) is 40.5. The van der Waals surface area contributed by atoms with Gasteiger partial charge in [0.2, 0.25) is 5.88 Å². The average Bonchev–Trinajstić information content (AvgIpc) is 3.56. The van der Waals surface area contributed by atoms with E-state index in [-0.39, 0.29) is 36.2 Å². The Hall–Kier alpha value is -4.17. The van der Waals surface area contributed by atoms with Crippen molar-refractivity contribution in [1.29, 1.82) is 0 Å². The van der Waals surface area contributed by atoms with Crippen LogP contribution in [0.15, 0.2) is 52.6 Å². The van der Waals surface area contributed by atoms with E-state index in [2.05, 4.69) is 30.3 Å². The Morgan fingerprint density at radius 3 is 3.00 bits per heavy atom. The molecule has 40 heavy (non-hydrogen) atoms. The normalized spacial score (nSPS) is 21.7. The van der Waals surface area contributed by atoms with Crippen LogP contribution >= 0.6 is 11.3 Å². The molecule has 3 aromatic rings. The van der Waals surface area contributed by atoms with Crippen LogP contribution in [-0.2, 0) is 16.0 Å². The van der Waals surface area contributed by atoms with E-state index in [0.717, 1.165) is 16.1 Å². The van der Waals surface area contributed by atoms with Gasteiger partial charge in [-0.1, -0.05) is 36.5 Å². The fourth-order valence-corrected chi connectivity index (χ4v) is 5.87. The van der Waals surface area contributed by atoms with E-state index >= 15 is 0 Å². The number of anilines is 2. The van der Waals surface area contributed by atoms with Gasteiger partial charge in [-0.25, -0.2) is 19.7 Å². The molecule has 0 saturated carbocycles. The second-order valence-electron chi connectivity index (χ2n) is 9.47. The number of rotatable bonds is 7. The Morgan fingerprint density at radius 2 is 2.17 bits per heavy atom. The molecule has 6 rings (SSSR count). The zero-order chi connectivity index (χ0) is 27.8. The molecule has 3 aromatic heterocycles. The third kappa shape index (κ3) is 5.31. The molecule has 1 unspecified atom stereocenters. The molecule has 3 atom stereocenters. The number of thiazole rings is 1. The highest BCUT2D eigenvalue weighted by Gasteiger charge is 2.43. The number of aromatic nitrogens is 3. The van der Waals surface area contributed by atoms with Crippen molar-refractivity contribution in [2.75, 3.05) is 30.0 Å². The summed E-state index contributed by atoms with van der Waals surface area (Å²) in [5, 5.41) is 5.99. The highest BCUT2D eigenvalue weighted by molar-refractivity contribution is 7.16. The van der Waals surface area contributed by atoms with Crippen LogP contribution in [-0.4, -0.2) is 59.2 Å². The summed E-state index contributed by atoms with van der Waals surface area (Å²) >= 11 is 1.35. The first-order valence-electron chi connectivity index (χ1n) is 12.6. The summed E-state index contributed by atoms with van der Waals surface area (Å²) in [5.74, 6) is -0.0570. The third-order valence-electron chi connectivity index (χ3n) is 6.72. The highest BCUT2D eigenvalue weighted by atomic mass is 32.1. The van der Waals surface area contributed by atoms with E-state index in [4.69, 9.17) is 9.15 Å². The van der Waals surface area contributed by atoms with E-state index in [9.17, 15) is 18.4 Å². The maximum Gasteiger partial charge on any atom is 0.388 e. The van der Waals surface area contributed by atoms with Crippen LogP contribution in [0.2, 0.25) is 0 Å². The monoisotopic (exact) mass is 570 g/mol. The first kappa shape index (κ1) is 26.1. The van der Waals surface area contributed by atoms with Crippen molar-refractivity contribution in [2.24, 2.45) is 5.92 Å². The van der Waals surface area contributed by atoms with Gasteiger partial charge in [0.05, 0.1) is 42.1 Å². The number of alkyl halides is 2. The van der Waals surface area contributed by atoms with Crippen molar-refractivity contribution < 1.29 is 32.3 Å². The summed E-state index contributed by atoms with van der Waals surface area (Å²) in [7, 11) is 0. The summed E-state index contributed by atoms with van der Waals surface area (Å²) in [6.07, 6.45) is 7.23. The number of fused-ring (bicyclic) bond motifs is 4. The Kier molecular flexibility index (Phi) is 7.02. The molecule has 3 aliphatic rings. The van der Waals surface area contributed by atoms with E-state index in [0.29, 0.717) is 42.2 Å². The number of carbonyl (C=O) groups excluding carboxylic acids is 2. The molecule has 208 valence electrons. The van der Waals surface area contributed by atoms with Gasteiger partial charge >= 0.3 is 12.6 Å². The molecule has 1 fully saturated rings. The number of hydrogen-bond acceptors (Lipinski definition) is 10. The molecule has 2 aliphatic heterocycles. The Bertz CT molecular complexity index is 1500. The number of ketones is 1.